The number of aromatic hydroxyl groups is 1. The van der Waals surface area contributed by atoms with Crippen molar-refractivity contribution < 1.29 is 24.6 Å². The number of nitrogens with one attached hydrogen (secondary N) is 2. The first-order chi connectivity index (χ1) is 15.4. The minimum absolute atomic E-state index is 0.00691. The number of amides is 2. The van der Waals surface area contributed by atoms with Gasteiger partial charge in [0.2, 0.25) is 5.91 Å². The highest BCUT2D eigenvalue weighted by Gasteiger charge is 2.27. The average molecular weight is 430 g/mol. The van der Waals surface area contributed by atoms with Crippen LogP contribution in [0.1, 0.15) is 21.5 Å². The number of carboxylic acids is 1. The van der Waals surface area contributed by atoms with Gasteiger partial charge in [0.25, 0.3) is 5.91 Å². The number of phenols is 1. The molecule has 7 nitrogen and oxygen atoms in total. The molecule has 0 fully saturated rings. The predicted octanol–water partition coefficient (Wildman–Crippen LogP) is 2.15. The summed E-state index contributed by atoms with van der Waals surface area (Å²) < 4.78 is 0. The maximum absolute atomic E-state index is 13.0. The first-order valence-corrected chi connectivity index (χ1v) is 9.96. The number of aliphatic carboxylic acids is 1. The number of hydrogen-bond donors (Lipinski definition) is 4. The van der Waals surface area contributed by atoms with Gasteiger partial charge in [-0.15, -0.1) is 0 Å². The van der Waals surface area contributed by atoms with Crippen LogP contribution < -0.4 is 10.6 Å². The van der Waals surface area contributed by atoms with Gasteiger partial charge >= 0.3 is 5.97 Å². The molecule has 0 bridgehead atoms. The predicted molar refractivity (Wildman–Crippen MR) is 117 cm³/mol. The molecule has 0 aromatic heterocycles. The van der Waals surface area contributed by atoms with Gasteiger partial charge in [-0.3, -0.25) is 9.59 Å². The van der Waals surface area contributed by atoms with Crippen LogP contribution in [0.2, 0.25) is 0 Å². The lowest BCUT2D eigenvalue weighted by Gasteiger charge is -2.22. The number of carbonyl (C=O) groups excluding carboxylic acids is 2. The fourth-order valence-electron chi connectivity index (χ4n) is 3.09. The topological polar surface area (TPSA) is 116 Å². The van der Waals surface area contributed by atoms with Gasteiger partial charge in [0.1, 0.15) is 17.8 Å². The molecule has 7 heteroatoms. The Balaban J connectivity index is 1.76. The standard InChI is InChI=1S/C25H22N2O5/c28-20-13-11-18(12-14-20)16-22(25(31)32)27-24(30)21(15-17-7-3-1-4-8-17)26-23(29)19-9-5-2-6-10-19/h1-7,9-11,13-14,21-22,28H,15-16H2,(H,26,29)(H,27,30)(H,31,32). The van der Waals surface area contributed by atoms with E-state index in [1.165, 1.54) is 18.2 Å². The van der Waals surface area contributed by atoms with Crippen molar-refractivity contribution in [2.75, 3.05) is 0 Å². The smallest absolute Gasteiger partial charge is 0.326 e. The Kier molecular flexibility index (Phi) is 7.59. The monoisotopic (exact) mass is 430 g/mol. The Morgan fingerprint density at radius 3 is 2.12 bits per heavy atom. The van der Waals surface area contributed by atoms with Crippen LogP contribution in [0.4, 0.5) is 0 Å². The number of benzene rings is 3. The van der Waals surface area contributed by atoms with E-state index < -0.39 is 29.9 Å². The van der Waals surface area contributed by atoms with Crippen LogP contribution in [0, 0.1) is 12.1 Å². The molecule has 2 radical (unpaired) electrons. The van der Waals surface area contributed by atoms with E-state index in [1.807, 2.05) is 0 Å². The van der Waals surface area contributed by atoms with E-state index in [2.05, 4.69) is 22.8 Å². The second-order valence-electron chi connectivity index (χ2n) is 7.16. The molecule has 0 heterocycles. The van der Waals surface area contributed by atoms with E-state index in [0.29, 0.717) is 16.7 Å². The van der Waals surface area contributed by atoms with Crippen molar-refractivity contribution in [2.24, 2.45) is 0 Å². The highest BCUT2D eigenvalue weighted by molar-refractivity contribution is 5.98. The minimum atomic E-state index is -1.24. The van der Waals surface area contributed by atoms with Gasteiger partial charge in [-0.05, 0) is 47.5 Å². The summed E-state index contributed by atoms with van der Waals surface area (Å²) in [7, 11) is 0. The maximum Gasteiger partial charge on any atom is 0.326 e. The van der Waals surface area contributed by atoms with Crippen LogP contribution >= 0.6 is 0 Å². The second kappa shape index (κ2) is 10.8. The molecule has 2 atom stereocenters. The fraction of sp³-hybridized carbons (Fsp3) is 0.160. The van der Waals surface area contributed by atoms with Gasteiger partial charge in [0, 0.05) is 18.4 Å². The van der Waals surface area contributed by atoms with Crippen LogP contribution in [0.25, 0.3) is 0 Å². The Morgan fingerprint density at radius 2 is 1.50 bits per heavy atom. The van der Waals surface area contributed by atoms with Crippen LogP contribution in [0.5, 0.6) is 5.75 Å². The molecule has 0 aliphatic carbocycles. The molecule has 2 unspecified atom stereocenters. The van der Waals surface area contributed by atoms with E-state index in [-0.39, 0.29) is 18.6 Å². The number of phenolic OH excluding ortho intramolecular Hbond substituents is 1. The molecule has 32 heavy (non-hydrogen) atoms. The van der Waals surface area contributed by atoms with Crippen molar-refractivity contribution >= 4 is 17.8 Å². The van der Waals surface area contributed by atoms with Crippen molar-refractivity contribution in [1.82, 2.24) is 10.6 Å². The Morgan fingerprint density at radius 1 is 0.812 bits per heavy atom. The second-order valence-corrected chi connectivity index (χ2v) is 7.16. The molecule has 3 rings (SSSR count). The van der Waals surface area contributed by atoms with Gasteiger partial charge in [-0.25, -0.2) is 4.79 Å². The highest BCUT2D eigenvalue weighted by atomic mass is 16.4. The van der Waals surface area contributed by atoms with E-state index in [1.54, 1.807) is 54.6 Å². The molecule has 3 aromatic rings. The molecular weight excluding hydrogens is 408 g/mol. The number of carboxylic acid groups (broad SMARTS) is 1. The summed E-state index contributed by atoms with van der Waals surface area (Å²) in [6.45, 7) is 0. The third kappa shape index (κ3) is 6.43. The summed E-state index contributed by atoms with van der Waals surface area (Å²) in [6, 6.07) is 23.3. The molecule has 0 saturated heterocycles. The molecule has 2 amide bonds. The van der Waals surface area contributed by atoms with Crippen LogP contribution in [0.15, 0.2) is 72.8 Å². The SMILES string of the molecule is O=C(NC(Cc1[c]cccc1)C(=O)NC(Cc1[c]cc(O)cc1)C(=O)O)c1ccccc1. The molecule has 0 aliphatic rings. The van der Waals surface area contributed by atoms with Crippen molar-refractivity contribution in [2.45, 2.75) is 24.9 Å². The molecule has 0 spiro atoms. The van der Waals surface area contributed by atoms with Crippen molar-refractivity contribution in [1.29, 1.82) is 0 Å². The molecule has 162 valence electrons. The van der Waals surface area contributed by atoms with Gasteiger partial charge in [-0.2, -0.15) is 0 Å². The maximum atomic E-state index is 13.0. The normalized spacial score (nSPS) is 12.4. The van der Waals surface area contributed by atoms with Crippen molar-refractivity contribution in [3.8, 4) is 5.75 Å². The lowest BCUT2D eigenvalue weighted by Crippen LogP contribution is -2.53. The largest absolute Gasteiger partial charge is 0.508 e. The van der Waals surface area contributed by atoms with E-state index >= 15 is 0 Å². The van der Waals surface area contributed by atoms with Gasteiger partial charge in [0.15, 0.2) is 0 Å². The number of rotatable bonds is 9. The van der Waals surface area contributed by atoms with E-state index in [0.717, 1.165) is 0 Å². The minimum Gasteiger partial charge on any atom is -0.508 e. The van der Waals surface area contributed by atoms with E-state index in [9.17, 15) is 24.6 Å². The number of carbonyl (C=O) groups is 3. The Bertz CT molecular complexity index is 1050. The summed E-state index contributed by atoms with van der Waals surface area (Å²) in [5, 5.41) is 24.2. The fourth-order valence-corrected chi connectivity index (χ4v) is 3.09. The van der Waals surface area contributed by atoms with Crippen molar-refractivity contribution in [3.63, 3.8) is 0 Å². The van der Waals surface area contributed by atoms with Crippen LogP contribution in [-0.2, 0) is 22.4 Å². The van der Waals surface area contributed by atoms with Gasteiger partial charge in [-0.1, -0.05) is 48.5 Å². The summed E-state index contributed by atoms with van der Waals surface area (Å²) in [5.41, 5.74) is 1.59. The summed E-state index contributed by atoms with van der Waals surface area (Å²) in [5.74, 6) is -2.29. The van der Waals surface area contributed by atoms with E-state index in [4.69, 9.17) is 0 Å². The van der Waals surface area contributed by atoms with Gasteiger partial charge < -0.3 is 20.8 Å². The Hall–Kier alpha value is -4.13. The third-order valence-corrected chi connectivity index (χ3v) is 4.75. The first kappa shape index (κ1) is 22.6. The van der Waals surface area contributed by atoms with Crippen LogP contribution in [0.3, 0.4) is 0 Å². The Labute approximate surface area is 185 Å². The average Bonchev–Trinajstić information content (AvgIpc) is 2.80. The highest BCUT2D eigenvalue weighted by Crippen LogP contribution is 2.11. The molecule has 0 aliphatic heterocycles. The first-order valence-electron chi connectivity index (χ1n) is 9.96. The zero-order chi connectivity index (χ0) is 22.9. The third-order valence-electron chi connectivity index (χ3n) is 4.75. The van der Waals surface area contributed by atoms with Crippen molar-refractivity contribution in [3.05, 3.63) is 102 Å². The quantitative estimate of drug-likeness (QED) is 0.415. The summed E-state index contributed by atoms with van der Waals surface area (Å²) in [6.07, 6.45) is 0.112. The molecule has 3 aromatic carbocycles. The zero-order valence-corrected chi connectivity index (χ0v) is 17.1. The van der Waals surface area contributed by atoms with Crippen LogP contribution in [-0.4, -0.2) is 40.1 Å². The molecule has 0 saturated carbocycles. The van der Waals surface area contributed by atoms with Gasteiger partial charge in [0.05, 0.1) is 0 Å². The molecule has 4 N–H and O–H groups in total. The lowest BCUT2D eigenvalue weighted by atomic mass is 10.0. The number of hydrogen-bond acceptors (Lipinski definition) is 4. The summed E-state index contributed by atoms with van der Waals surface area (Å²) >= 11 is 0. The summed E-state index contributed by atoms with van der Waals surface area (Å²) in [4.78, 5) is 37.4. The zero-order valence-electron chi connectivity index (χ0n) is 17.1. The lowest BCUT2D eigenvalue weighted by molar-refractivity contribution is -0.142. The molecular formula is C25H22N2O5.